The first kappa shape index (κ1) is 19.0. The van der Waals surface area contributed by atoms with Gasteiger partial charge in [0, 0.05) is 30.2 Å². The summed E-state index contributed by atoms with van der Waals surface area (Å²) in [4.78, 5) is 22.9. The zero-order chi connectivity index (χ0) is 20.5. The van der Waals surface area contributed by atoms with E-state index in [1.165, 1.54) is 18.5 Å². The number of rotatable bonds is 3. The van der Waals surface area contributed by atoms with Gasteiger partial charge in [-0.25, -0.2) is 19.0 Å². The molecular weight excluding hydrogens is 375 g/mol. The van der Waals surface area contributed by atoms with E-state index in [1.54, 1.807) is 27.8 Å². The molecule has 150 valence electrons. The fourth-order valence-corrected chi connectivity index (χ4v) is 3.73. The monoisotopic (exact) mass is 396 g/mol. The van der Waals surface area contributed by atoms with Gasteiger partial charge in [-0.05, 0) is 26.0 Å². The summed E-state index contributed by atoms with van der Waals surface area (Å²) in [5.74, 6) is -0.607. The van der Waals surface area contributed by atoms with Crippen molar-refractivity contribution in [1.82, 2.24) is 24.6 Å². The van der Waals surface area contributed by atoms with Crippen LogP contribution in [0.25, 0.3) is 5.69 Å². The summed E-state index contributed by atoms with van der Waals surface area (Å²) in [5.41, 5.74) is 8.59. The molecule has 3 heterocycles. The first-order valence-electron chi connectivity index (χ1n) is 9.25. The highest BCUT2D eigenvalue weighted by molar-refractivity contribution is 5.96. The zero-order valence-electron chi connectivity index (χ0n) is 16.2. The number of ether oxygens (including phenoxy) is 1. The third kappa shape index (κ3) is 3.33. The Morgan fingerprint density at radius 2 is 2.00 bits per heavy atom. The van der Waals surface area contributed by atoms with Crippen LogP contribution in [0.2, 0.25) is 0 Å². The van der Waals surface area contributed by atoms with Crippen LogP contribution in [0.3, 0.4) is 0 Å². The zero-order valence-corrected chi connectivity index (χ0v) is 16.2. The van der Waals surface area contributed by atoms with Crippen molar-refractivity contribution in [1.29, 1.82) is 0 Å². The minimum Gasteiger partial charge on any atom is -0.382 e. The lowest BCUT2D eigenvalue weighted by Crippen LogP contribution is -2.44. The normalized spacial score (nSPS) is 16.8. The van der Waals surface area contributed by atoms with Gasteiger partial charge in [0.15, 0.2) is 11.5 Å². The number of aromatic nitrogens is 4. The van der Waals surface area contributed by atoms with Crippen molar-refractivity contribution in [3.8, 4) is 5.69 Å². The molecule has 1 atom stereocenters. The van der Waals surface area contributed by atoms with Crippen molar-refractivity contribution < 1.29 is 13.9 Å². The Bertz CT molecular complexity index is 1070. The molecule has 2 N–H and O–H groups in total. The van der Waals surface area contributed by atoms with Gasteiger partial charge in [0.25, 0.3) is 5.91 Å². The molecule has 3 aromatic rings. The average Bonchev–Trinajstić information content (AvgIpc) is 3.02. The molecule has 1 amide bonds. The van der Waals surface area contributed by atoms with Crippen LogP contribution in [0.15, 0.2) is 36.7 Å². The number of carbonyl (C=O) groups is 1. The lowest BCUT2D eigenvalue weighted by Gasteiger charge is -2.36. The molecule has 0 unspecified atom stereocenters. The molecular formula is C20H21FN6O2. The first-order chi connectivity index (χ1) is 14.0. The van der Waals surface area contributed by atoms with Crippen molar-refractivity contribution in [3.63, 3.8) is 0 Å². The largest absolute Gasteiger partial charge is 0.382 e. The number of amides is 1. The topological polar surface area (TPSA) is 99.2 Å². The quantitative estimate of drug-likeness (QED) is 0.729. The number of nitrogen functional groups attached to an aromatic ring is 1. The second-order valence-electron chi connectivity index (χ2n) is 6.83. The summed E-state index contributed by atoms with van der Waals surface area (Å²) in [6.45, 7) is 4.78. The number of morpholine rings is 1. The van der Waals surface area contributed by atoms with E-state index in [2.05, 4.69) is 15.1 Å². The molecule has 2 aromatic heterocycles. The van der Waals surface area contributed by atoms with Crippen LogP contribution in [0.1, 0.15) is 33.5 Å². The van der Waals surface area contributed by atoms with Gasteiger partial charge in [0.05, 0.1) is 24.9 Å². The number of carbonyl (C=O) groups excluding carboxylic acids is 1. The van der Waals surface area contributed by atoms with Crippen LogP contribution < -0.4 is 5.73 Å². The van der Waals surface area contributed by atoms with E-state index in [-0.39, 0.29) is 23.2 Å². The Morgan fingerprint density at radius 3 is 2.76 bits per heavy atom. The Labute approximate surface area is 167 Å². The highest BCUT2D eigenvalue weighted by atomic mass is 19.1. The summed E-state index contributed by atoms with van der Waals surface area (Å²) >= 11 is 0. The number of aryl methyl sites for hydroxylation is 1. The van der Waals surface area contributed by atoms with Gasteiger partial charge in [-0.3, -0.25) is 4.79 Å². The number of anilines is 1. The molecule has 4 rings (SSSR count). The molecule has 1 fully saturated rings. The summed E-state index contributed by atoms with van der Waals surface area (Å²) in [6.07, 6.45) is 2.88. The van der Waals surface area contributed by atoms with E-state index in [1.807, 2.05) is 13.8 Å². The van der Waals surface area contributed by atoms with Crippen LogP contribution in [0.5, 0.6) is 0 Å². The maximum Gasteiger partial charge on any atom is 0.276 e. The highest BCUT2D eigenvalue weighted by Crippen LogP contribution is 2.32. The van der Waals surface area contributed by atoms with Crippen molar-refractivity contribution in [3.05, 3.63) is 65.1 Å². The van der Waals surface area contributed by atoms with Gasteiger partial charge in [-0.2, -0.15) is 5.10 Å². The van der Waals surface area contributed by atoms with E-state index < -0.39 is 6.04 Å². The van der Waals surface area contributed by atoms with Crippen molar-refractivity contribution in [2.24, 2.45) is 0 Å². The predicted molar refractivity (Wildman–Crippen MR) is 104 cm³/mol. The Kier molecular flexibility index (Phi) is 4.98. The number of benzene rings is 1. The fraction of sp³-hybridized carbons (Fsp3) is 0.300. The lowest BCUT2D eigenvalue weighted by molar-refractivity contribution is -0.00330. The third-order valence-corrected chi connectivity index (χ3v) is 5.08. The Balaban J connectivity index is 1.76. The van der Waals surface area contributed by atoms with Crippen LogP contribution in [0.4, 0.5) is 10.2 Å². The van der Waals surface area contributed by atoms with Gasteiger partial charge in [-0.15, -0.1) is 0 Å². The highest BCUT2D eigenvalue weighted by Gasteiger charge is 2.34. The third-order valence-electron chi connectivity index (χ3n) is 5.08. The second-order valence-corrected chi connectivity index (χ2v) is 6.83. The van der Waals surface area contributed by atoms with Crippen molar-refractivity contribution in [2.45, 2.75) is 19.9 Å². The maximum atomic E-state index is 14.3. The fourth-order valence-electron chi connectivity index (χ4n) is 3.73. The molecule has 9 heteroatoms. The predicted octanol–water partition coefficient (Wildman–Crippen LogP) is 2.21. The molecule has 1 aliphatic rings. The molecule has 0 aliphatic carbocycles. The molecule has 0 bridgehead atoms. The summed E-state index contributed by atoms with van der Waals surface area (Å²) in [7, 11) is 0. The molecule has 1 saturated heterocycles. The van der Waals surface area contributed by atoms with E-state index in [0.29, 0.717) is 31.1 Å². The van der Waals surface area contributed by atoms with Crippen LogP contribution in [-0.4, -0.2) is 50.3 Å². The molecule has 0 spiro atoms. The van der Waals surface area contributed by atoms with Crippen molar-refractivity contribution in [2.75, 3.05) is 25.5 Å². The number of hydrogen-bond donors (Lipinski definition) is 1. The second kappa shape index (κ2) is 7.59. The molecule has 0 radical (unpaired) electrons. The summed E-state index contributed by atoms with van der Waals surface area (Å²) in [5, 5.41) is 4.53. The number of para-hydroxylation sites is 1. The van der Waals surface area contributed by atoms with E-state index in [9.17, 15) is 9.18 Å². The van der Waals surface area contributed by atoms with E-state index in [4.69, 9.17) is 10.5 Å². The Morgan fingerprint density at radius 1 is 1.24 bits per heavy atom. The van der Waals surface area contributed by atoms with Crippen LogP contribution in [-0.2, 0) is 4.74 Å². The first-order valence-corrected chi connectivity index (χ1v) is 9.25. The molecule has 8 nitrogen and oxygen atoms in total. The van der Waals surface area contributed by atoms with E-state index in [0.717, 1.165) is 11.3 Å². The van der Waals surface area contributed by atoms with E-state index >= 15 is 0 Å². The summed E-state index contributed by atoms with van der Waals surface area (Å²) < 4.78 is 21.6. The van der Waals surface area contributed by atoms with Crippen LogP contribution >= 0.6 is 0 Å². The smallest absolute Gasteiger partial charge is 0.276 e. The van der Waals surface area contributed by atoms with Gasteiger partial charge >= 0.3 is 0 Å². The van der Waals surface area contributed by atoms with Gasteiger partial charge in [-0.1, -0.05) is 12.1 Å². The number of halogens is 1. The van der Waals surface area contributed by atoms with Crippen LogP contribution in [0, 0.1) is 19.7 Å². The molecule has 29 heavy (non-hydrogen) atoms. The summed E-state index contributed by atoms with van der Waals surface area (Å²) in [6, 6.07) is 6.05. The number of nitrogens with two attached hydrogens (primary N) is 1. The van der Waals surface area contributed by atoms with Gasteiger partial charge in [0.2, 0.25) is 0 Å². The molecule has 0 saturated carbocycles. The molecule has 1 aromatic carbocycles. The minimum atomic E-state index is -0.391. The Hall–Kier alpha value is -3.33. The lowest BCUT2D eigenvalue weighted by atomic mass is 10.0. The number of hydrogen-bond acceptors (Lipinski definition) is 6. The minimum absolute atomic E-state index is 0.0817. The van der Waals surface area contributed by atoms with Crippen molar-refractivity contribution >= 4 is 11.7 Å². The van der Waals surface area contributed by atoms with Gasteiger partial charge < -0.3 is 15.4 Å². The number of nitrogens with zero attached hydrogens (tertiary/aromatic N) is 5. The average molecular weight is 396 g/mol. The molecule has 1 aliphatic heterocycles. The SMILES string of the molecule is Cc1nn(-c2ccccc2F)c(C)c1[C@@H]1COCCN1C(=O)c1nccnc1N. The standard InChI is InChI=1S/C20H21FN6O2/c1-12-17(13(2)27(25-12)15-6-4-3-5-14(15)21)16-11-29-10-9-26(16)20(28)18-19(22)24-8-7-23-18/h3-8,16H,9-11H2,1-2H3,(H2,22,24)/t16-/m0/s1. The van der Waals surface area contributed by atoms with Gasteiger partial charge in [0.1, 0.15) is 11.5 Å². The maximum absolute atomic E-state index is 14.3.